The van der Waals surface area contributed by atoms with Gasteiger partial charge in [-0.2, -0.15) is 0 Å². The van der Waals surface area contributed by atoms with Crippen LogP contribution < -0.4 is 5.73 Å². The molecular weight excluding hydrogens is 276 g/mol. The lowest BCUT2D eigenvalue weighted by atomic mass is 10.1. The number of carbonyl (C=O) groups is 2. The van der Waals surface area contributed by atoms with Crippen molar-refractivity contribution in [1.82, 2.24) is 14.8 Å². The lowest BCUT2D eigenvalue weighted by molar-refractivity contribution is 0.0526. The predicted molar refractivity (Wildman–Crippen MR) is 73.1 cm³/mol. The van der Waals surface area contributed by atoms with E-state index in [1.165, 1.54) is 18.1 Å². The van der Waals surface area contributed by atoms with E-state index in [2.05, 4.69) is 14.8 Å². The zero-order chi connectivity index (χ0) is 15.4. The molecule has 0 fully saturated rings. The first kappa shape index (κ1) is 14.5. The summed E-state index contributed by atoms with van der Waals surface area (Å²) in [5, 5.41) is 3.96. The highest BCUT2D eigenvalue weighted by atomic mass is 16.5. The van der Waals surface area contributed by atoms with Crippen LogP contribution in [0.15, 0.2) is 24.5 Å². The van der Waals surface area contributed by atoms with Crippen LogP contribution in [-0.2, 0) is 9.47 Å². The highest BCUT2D eigenvalue weighted by Crippen LogP contribution is 2.21. The quantitative estimate of drug-likeness (QED) is 0.655. The monoisotopic (exact) mass is 290 g/mol. The molecule has 1 aromatic heterocycles. The number of para-hydroxylation sites is 1. The third kappa shape index (κ3) is 2.83. The van der Waals surface area contributed by atoms with Crippen molar-refractivity contribution in [1.29, 1.82) is 0 Å². The molecule has 110 valence electrons. The summed E-state index contributed by atoms with van der Waals surface area (Å²) in [6.45, 7) is 1.95. The maximum atomic E-state index is 11.8. The summed E-state index contributed by atoms with van der Waals surface area (Å²) >= 11 is 0. The summed E-state index contributed by atoms with van der Waals surface area (Å²) in [7, 11) is 1.23. The van der Waals surface area contributed by atoms with Crippen LogP contribution in [-0.4, -0.2) is 40.4 Å². The lowest BCUT2D eigenvalue weighted by Crippen LogP contribution is -2.11. The second-order valence-corrected chi connectivity index (χ2v) is 3.96. The molecular formula is C13H14N4O4. The second kappa shape index (κ2) is 6.04. The van der Waals surface area contributed by atoms with Crippen molar-refractivity contribution >= 4 is 17.6 Å². The van der Waals surface area contributed by atoms with E-state index in [0.717, 1.165) is 0 Å². The van der Waals surface area contributed by atoms with E-state index in [-0.39, 0.29) is 23.7 Å². The number of rotatable bonds is 4. The van der Waals surface area contributed by atoms with Crippen LogP contribution >= 0.6 is 0 Å². The zero-order valence-electron chi connectivity index (χ0n) is 11.6. The van der Waals surface area contributed by atoms with Crippen LogP contribution in [0.4, 0.5) is 5.69 Å². The van der Waals surface area contributed by atoms with Crippen molar-refractivity contribution in [2.24, 2.45) is 0 Å². The number of esters is 2. The Balaban J connectivity index is 2.41. The van der Waals surface area contributed by atoms with Gasteiger partial charge in [-0.1, -0.05) is 6.07 Å². The van der Waals surface area contributed by atoms with Gasteiger partial charge < -0.3 is 15.2 Å². The molecule has 2 aromatic rings. The number of anilines is 1. The van der Waals surface area contributed by atoms with Gasteiger partial charge in [0.2, 0.25) is 0 Å². The summed E-state index contributed by atoms with van der Waals surface area (Å²) in [6, 6.07) is 4.83. The zero-order valence-corrected chi connectivity index (χ0v) is 11.6. The molecule has 0 atom stereocenters. The van der Waals surface area contributed by atoms with Crippen molar-refractivity contribution in [3.63, 3.8) is 0 Å². The molecule has 0 bridgehead atoms. The Labute approximate surface area is 120 Å². The molecule has 0 saturated heterocycles. The van der Waals surface area contributed by atoms with Gasteiger partial charge in [0, 0.05) is 0 Å². The number of carbonyl (C=O) groups excluding carboxylic acids is 2. The van der Waals surface area contributed by atoms with Gasteiger partial charge in [-0.15, -0.1) is 5.10 Å². The minimum Gasteiger partial charge on any atom is -0.463 e. The molecule has 0 spiro atoms. The number of nitrogen functional groups attached to an aromatic ring is 1. The lowest BCUT2D eigenvalue weighted by Gasteiger charge is -2.09. The molecule has 0 aliphatic heterocycles. The molecule has 8 heteroatoms. The third-order valence-corrected chi connectivity index (χ3v) is 2.69. The Hall–Kier alpha value is -2.90. The fourth-order valence-corrected chi connectivity index (χ4v) is 1.70. The average molecular weight is 290 g/mol. The van der Waals surface area contributed by atoms with Gasteiger partial charge in [0.15, 0.2) is 0 Å². The molecule has 0 radical (unpaired) electrons. The fraction of sp³-hybridized carbons (Fsp3) is 0.231. The first-order chi connectivity index (χ1) is 10.1. The summed E-state index contributed by atoms with van der Waals surface area (Å²) in [5.41, 5.74) is 6.80. The third-order valence-electron chi connectivity index (χ3n) is 2.69. The highest BCUT2D eigenvalue weighted by Gasteiger charge is 2.17. The summed E-state index contributed by atoms with van der Waals surface area (Å²) in [4.78, 5) is 26.9. The molecule has 0 aliphatic carbocycles. The average Bonchev–Trinajstić information content (AvgIpc) is 2.96. The van der Waals surface area contributed by atoms with Crippen LogP contribution in [0, 0.1) is 0 Å². The van der Waals surface area contributed by atoms with Gasteiger partial charge in [0.1, 0.15) is 6.33 Å². The van der Waals surface area contributed by atoms with Gasteiger partial charge in [-0.05, 0) is 19.1 Å². The molecule has 2 N–H and O–H groups in total. The normalized spacial score (nSPS) is 10.2. The molecule has 0 aliphatic rings. The topological polar surface area (TPSA) is 109 Å². The Morgan fingerprint density at radius 3 is 2.76 bits per heavy atom. The van der Waals surface area contributed by atoms with Gasteiger partial charge in [-0.25, -0.2) is 19.3 Å². The fourth-order valence-electron chi connectivity index (χ4n) is 1.70. The standard InChI is InChI=1S/C13H14N4O4/c1-3-21-12(18)8-5-4-6-9(10(8)14)17-7-15-11(16-17)13(19)20-2/h4-7H,3,14H2,1-2H3. The van der Waals surface area contributed by atoms with E-state index in [0.29, 0.717) is 5.69 Å². The minimum absolute atomic E-state index is 0.0987. The Morgan fingerprint density at radius 1 is 1.33 bits per heavy atom. The van der Waals surface area contributed by atoms with Crippen molar-refractivity contribution in [2.45, 2.75) is 6.92 Å². The Bertz CT molecular complexity index is 681. The van der Waals surface area contributed by atoms with Crippen LogP contribution in [0.1, 0.15) is 27.9 Å². The SMILES string of the molecule is CCOC(=O)c1cccc(-n2cnc(C(=O)OC)n2)c1N. The summed E-state index contributed by atoms with van der Waals surface area (Å²) in [6.07, 6.45) is 1.31. The molecule has 1 aromatic carbocycles. The van der Waals surface area contributed by atoms with Crippen molar-refractivity contribution in [3.8, 4) is 5.69 Å². The van der Waals surface area contributed by atoms with Crippen molar-refractivity contribution < 1.29 is 19.1 Å². The van der Waals surface area contributed by atoms with E-state index >= 15 is 0 Å². The molecule has 0 amide bonds. The summed E-state index contributed by atoms with van der Waals surface area (Å²) < 4.78 is 10.7. The number of methoxy groups -OCH3 is 1. The first-order valence-electron chi connectivity index (χ1n) is 6.14. The van der Waals surface area contributed by atoms with Gasteiger partial charge >= 0.3 is 11.9 Å². The first-order valence-corrected chi connectivity index (χ1v) is 6.14. The van der Waals surface area contributed by atoms with Crippen LogP contribution in [0.3, 0.4) is 0 Å². The molecule has 0 saturated carbocycles. The molecule has 21 heavy (non-hydrogen) atoms. The van der Waals surface area contributed by atoms with Gasteiger partial charge in [-0.3, -0.25) is 0 Å². The predicted octanol–water partition coefficient (Wildman–Crippen LogP) is 0.813. The number of nitrogens with two attached hydrogens (primary N) is 1. The minimum atomic E-state index is -0.658. The number of hydrogen-bond acceptors (Lipinski definition) is 7. The van der Waals surface area contributed by atoms with E-state index in [1.807, 2.05) is 0 Å². The Morgan fingerprint density at radius 2 is 2.10 bits per heavy atom. The largest absolute Gasteiger partial charge is 0.463 e. The van der Waals surface area contributed by atoms with Gasteiger partial charge in [0.25, 0.3) is 5.82 Å². The molecule has 2 rings (SSSR count). The number of benzene rings is 1. The van der Waals surface area contributed by atoms with Crippen molar-refractivity contribution in [2.75, 3.05) is 19.5 Å². The number of ether oxygens (including phenoxy) is 2. The molecule has 8 nitrogen and oxygen atoms in total. The number of hydrogen-bond donors (Lipinski definition) is 1. The second-order valence-electron chi connectivity index (χ2n) is 3.96. The maximum absolute atomic E-state index is 11.8. The maximum Gasteiger partial charge on any atom is 0.377 e. The number of nitrogens with zero attached hydrogens (tertiary/aromatic N) is 3. The van der Waals surface area contributed by atoms with Crippen LogP contribution in [0.5, 0.6) is 0 Å². The van der Waals surface area contributed by atoms with E-state index in [1.54, 1.807) is 25.1 Å². The van der Waals surface area contributed by atoms with E-state index < -0.39 is 11.9 Å². The van der Waals surface area contributed by atoms with Gasteiger partial charge in [0.05, 0.1) is 30.7 Å². The van der Waals surface area contributed by atoms with Crippen LogP contribution in [0.25, 0.3) is 5.69 Å². The van der Waals surface area contributed by atoms with E-state index in [4.69, 9.17) is 10.5 Å². The summed E-state index contributed by atoms with van der Waals surface area (Å²) in [5.74, 6) is -1.28. The van der Waals surface area contributed by atoms with E-state index in [9.17, 15) is 9.59 Å². The van der Waals surface area contributed by atoms with Crippen LogP contribution in [0.2, 0.25) is 0 Å². The molecule has 0 unspecified atom stereocenters. The molecule has 1 heterocycles. The Kier molecular flexibility index (Phi) is 4.17. The smallest absolute Gasteiger partial charge is 0.377 e. The van der Waals surface area contributed by atoms with Crippen molar-refractivity contribution in [3.05, 3.63) is 35.9 Å². The number of aromatic nitrogens is 3. The highest BCUT2D eigenvalue weighted by molar-refractivity contribution is 5.97.